The Morgan fingerprint density at radius 2 is 2.38 bits per heavy atom. The SMILES string of the molecule is Cc1cc(C(=O)N2CCOC(C)(C)C2)n[nH]1. The van der Waals surface area contributed by atoms with Crippen LogP contribution in [0.15, 0.2) is 6.07 Å². The number of carbonyl (C=O) groups excluding carboxylic acids is 1. The molecule has 1 aromatic rings. The van der Waals surface area contributed by atoms with Crippen molar-refractivity contribution in [1.29, 1.82) is 0 Å². The highest BCUT2D eigenvalue weighted by Crippen LogP contribution is 2.18. The Balaban J connectivity index is 2.10. The second-order valence-electron chi connectivity index (χ2n) is 4.77. The summed E-state index contributed by atoms with van der Waals surface area (Å²) in [5.41, 5.74) is 1.12. The van der Waals surface area contributed by atoms with Crippen LogP contribution in [0.1, 0.15) is 30.0 Å². The number of ether oxygens (including phenoxy) is 1. The van der Waals surface area contributed by atoms with Crippen LogP contribution in [-0.4, -0.2) is 46.3 Å². The number of hydrogen-bond acceptors (Lipinski definition) is 3. The summed E-state index contributed by atoms with van der Waals surface area (Å²) < 4.78 is 5.56. The van der Waals surface area contributed by atoms with E-state index in [2.05, 4.69) is 10.2 Å². The van der Waals surface area contributed by atoms with Gasteiger partial charge in [0.15, 0.2) is 0 Å². The lowest BCUT2D eigenvalue weighted by molar-refractivity contribution is -0.0765. The average Bonchev–Trinajstić information content (AvgIpc) is 2.62. The molecule has 5 heteroatoms. The number of amides is 1. The standard InChI is InChI=1S/C11H17N3O2/c1-8-6-9(13-12-8)10(15)14-4-5-16-11(2,3)7-14/h6H,4-5,7H2,1-3H3,(H,12,13). The number of rotatable bonds is 1. The van der Waals surface area contributed by atoms with E-state index < -0.39 is 0 Å². The van der Waals surface area contributed by atoms with Gasteiger partial charge in [0.05, 0.1) is 12.2 Å². The first-order chi connectivity index (χ1) is 7.48. The van der Waals surface area contributed by atoms with Gasteiger partial charge >= 0.3 is 0 Å². The van der Waals surface area contributed by atoms with Crippen LogP contribution in [0, 0.1) is 6.92 Å². The first kappa shape index (κ1) is 11.1. The fraction of sp³-hybridized carbons (Fsp3) is 0.636. The lowest BCUT2D eigenvalue weighted by Crippen LogP contribution is -2.50. The molecular formula is C11H17N3O2. The number of H-pyrrole nitrogens is 1. The molecule has 88 valence electrons. The highest BCUT2D eigenvalue weighted by molar-refractivity contribution is 5.92. The molecular weight excluding hydrogens is 206 g/mol. The smallest absolute Gasteiger partial charge is 0.274 e. The van der Waals surface area contributed by atoms with Crippen molar-refractivity contribution in [3.05, 3.63) is 17.5 Å². The molecule has 0 aromatic carbocycles. The Bertz CT molecular complexity index is 398. The van der Waals surface area contributed by atoms with Gasteiger partial charge in [-0.25, -0.2) is 0 Å². The van der Waals surface area contributed by atoms with Crippen molar-refractivity contribution in [2.24, 2.45) is 0 Å². The molecule has 0 saturated carbocycles. The van der Waals surface area contributed by atoms with Crippen LogP contribution < -0.4 is 0 Å². The normalized spacial score (nSPS) is 19.8. The third-order valence-corrected chi connectivity index (χ3v) is 2.64. The second kappa shape index (κ2) is 3.90. The Morgan fingerprint density at radius 1 is 1.62 bits per heavy atom. The first-order valence-electron chi connectivity index (χ1n) is 5.43. The summed E-state index contributed by atoms with van der Waals surface area (Å²) in [5.74, 6) is -0.0271. The van der Waals surface area contributed by atoms with Crippen molar-refractivity contribution >= 4 is 5.91 Å². The van der Waals surface area contributed by atoms with Gasteiger partial charge in [-0.3, -0.25) is 9.89 Å². The summed E-state index contributed by atoms with van der Waals surface area (Å²) >= 11 is 0. The van der Waals surface area contributed by atoms with Crippen LogP contribution in [0.25, 0.3) is 0 Å². The molecule has 0 unspecified atom stereocenters. The van der Waals surface area contributed by atoms with Gasteiger partial charge < -0.3 is 9.64 Å². The van der Waals surface area contributed by atoms with Crippen LogP contribution in [0.5, 0.6) is 0 Å². The van der Waals surface area contributed by atoms with E-state index in [9.17, 15) is 4.79 Å². The third-order valence-electron chi connectivity index (χ3n) is 2.64. The van der Waals surface area contributed by atoms with Crippen molar-refractivity contribution in [2.45, 2.75) is 26.4 Å². The summed E-state index contributed by atoms with van der Waals surface area (Å²) in [6.45, 7) is 7.69. The van der Waals surface area contributed by atoms with E-state index >= 15 is 0 Å². The van der Waals surface area contributed by atoms with E-state index in [1.807, 2.05) is 20.8 Å². The Kier molecular flexibility index (Phi) is 2.71. The zero-order valence-corrected chi connectivity index (χ0v) is 9.91. The molecule has 1 aliphatic rings. The van der Waals surface area contributed by atoms with E-state index in [1.165, 1.54) is 0 Å². The van der Waals surface area contributed by atoms with E-state index in [4.69, 9.17) is 4.74 Å². The van der Waals surface area contributed by atoms with Crippen molar-refractivity contribution in [3.8, 4) is 0 Å². The van der Waals surface area contributed by atoms with E-state index in [0.29, 0.717) is 25.4 Å². The van der Waals surface area contributed by atoms with Crippen LogP contribution >= 0.6 is 0 Å². The Morgan fingerprint density at radius 3 is 2.94 bits per heavy atom. The molecule has 2 heterocycles. The van der Waals surface area contributed by atoms with Crippen molar-refractivity contribution in [2.75, 3.05) is 19.7 Å². The summed E-state index contributed by atoms with van der Waals surface area (Å²) in [6.07, 6.45) is 0. The number of nitrogens with zero attached hydrogens (tertiary/aromatic N) is 2. The number of morpholine rings is 1. The first-order valence-corrected chi connectivity index (χ1v) is 5.43. The summed E-state index contributed by atoms with van der Waals surface area (Å²) in [5, 5.41) is 6.76. The van der Waals surface area contributed by atoms with Crippen LogP contribution in [0.4, 0.5) is 0 Å². The van der Waals surface area contributed by atoms with Gasteiger partial charge in [0, 0.05) is 18.8 Å². The fourth-order valence-corrected chi connectivity index (χ4v) is 1.88. The minimum absolute atomic E-state index is 0.0271. The monoisotopic (exact) mass is 223 g/mol. The number of carbonyl (C=O) groups is 1. The quantitative estimate of drug-likeness (QED) is 0.771. The molecule has 0 bridgehead atoms. The van der Waals surface area contributed by atoms with Gasteiger partial charge in [0.1, 0.15) is 5.69 Å². The number of aromatic nitrogens is 2. The van der Waals surface area contributed by atoms with Crippen LogP contribution in [-0.2, 0) is 4.74 Å². The summed E-state index contributed by atoms with van der Waals surface area (Å²) in [4.78, 5) is 13.9. The number of hydrogen-bond donors (Lipinski definition) is 1. The zero-order valence-electron chi connectivity index (χ0n) is 9.91. The maximum Gasteiger partial charge on any atom is 0.274 e. The summed E-state index contributed by atoms with van der Waals surface area (Å²) in [6, 6.07) is 1.77. The van der Waals surface area contributed by atoms with E-state index in [0.717, 1.165) is 5.69 Å². The molecule has 0 atom stereocenters. The molecule has 1 fully saturated rings. The Labute approximate surface area is 94.8 Å². The van der Waals surface area contributed by atoms with Gasteiger partial charge in [-0.2, -0.15) is 5.10 Å². The molecule has 1 aromatic heterocycles. The highest BCUT2D eigenvalue weighted by Gasteiger charge is 2.31. The molecule has 0 aliphatic carbocycles. The topological polar surface area (TPSA) is 58.2 Å². The molecule has 1 amide bonds. The second-order valence-corrected chi connectivity index (χ2v) is 4.77. The van der Waals surface area contributed by atoms with E-state index in [1.54, 1.807) is 11.0 Å². The van der Waals surface area contributed by atoms with Crippen LogP contribution in [0.3, 0.4) is 0 Å². The molecule has 0 spiro atoms. The van der Waals surface area contributed by atoms with Crippen LogP contribution in [0.2, 0.25) is 0 Å². The number of aromatic amines is 1. The molecule has 16 heavy (non-hydrogen) atoms. The summed E-state index contributed by atoms with van der Waals surface area (Å²) in [7, 11) is 0. The third kappa shape index (κ3) is 2.24. The maximum atomic E-state index is 12.1. The number of aryl methyl sites for hydroxylation is 1. The van der Waals surface area contributed by atoms with Gasteiger partial charge in [-0.15, -0.1) is 0 Å². The fourth-order valence-electron chi connectivity index (χ4n) is 1.88. The Hall–Kier alpha value is -1.36. The highest BCUT2D eigenvalue weighted by atomic mass is 16.5. The van der Waals surface area contributed by atoms with Gasteiger partial charge in [0.2, 0.25) is 0 Å². The minimum Gasteiger partial charge on any atom is -0.372 e. The minimum atomic E-state index is -0.265. The van der Waals surface area contributed by atoms with Crippen molar-refractivity contribution < 1.29 is 9.53 Å². The zero-order chi connectivity index (χ0) is 11.8. The van der Waals surface area contributed by atoms with Gasteiger partial charge in [-0.05, 0) is 26.8 Å². The predicted molar refractivity (Wildman–Crippen MR) is 59.3 cm³/mol. The largest absolute Gasteiger partial charge is 0.372 e. The van der Waals surface area contributed by atoms with E-state index in [-0.39, 0.29) is 11.5 Å². The van der Waals surface area contributed by atoms with Gasteiger partial charge in [0.25, 0.3) is 5.91 Å². The lowest BCUT2D eigenvalue weighted by atomic mass is 10.1. The van der Waals surface area contributed by atoms with Gasteiger partial charge in [-0.1, -0.05) is 0 Å². The lowest BCUT2D eigenvalue weighted by Gasteiger charge is -2.37. The average molecular weight is 223 g/mol. The van der Waals surface area contributed by atoms with Crippen molar-refractivity contribution in [1.82, 2.24) is 15.1 Å². The molecule has 1 N–H and O–H groups in total. The maximum absolute atomic E-state index is 12.1. The van der Waals surface area contributed by atoms with Crippen molar-refractivity contribution in [3.63, 3.8) is 0 Å². The molecule has 2 rings (SSSR count). The number of nitrogens with one attached hydrogen (secondary N) is 1. The molecule has 5 nitrogen and oxygen atoms in total. The molecule has 0 radical (unpaired) electrons. The predicted octanol–water partition coefficient (Wildman–Crippen LogP) is 0.969. The molecule has 1 saturated heterocycles. The molecule has 1 aliphatic heterocycles.